The molecular formula is C50H58F2N10O4. The standard InChI is InChI=1S/C50H58F2N10O4/c1-31(53-3)47(63)57-41(25-33-13-7-5-8-14-33)49(65)59-23-11-17-37(59)29-61-43-21-19-35(51)27-39(43)55-45(61)46-56-40-28-36(52)20-22-44(40)62(46)30-38-18-12-24-60(38)50(66)42(58-48(64)32(2)54-4)26-34-15-9-6-10-16-34/h5-10,13-16,19-22,27-28,31-32,37-38,41-42,53-54H,11-12,17-18,23-26,29-30H2,1-4H3,(H,57,63)(H,58,64)/t31-,32-,37+,38+,41-,42-/m1/s1. The van der Waals surface area contributed by atoms with Crippen molar-refractivity contribution in [3.63, 3.8) is 0 Å². The maximum atomic E-state index is 15.0. The summed E-state index contributed by atoms with van der Waals surface area (Å²) in [7, 11) is 3.39. The highest BCUT2D eigenvalue weighted by atomic mass is 19.1. The van der Waals surface area contributed by atoms with Gasteiger partial charge in [-0.3, -0.25) is 19.2 Å². The summed E-state index contributed by atoms with van der Waals surface area (Å²) in [5, 5.41) is 11.9. The summed E-state index contributed by atoms with van der Waals surface area (Å²) < 4.78 is 33.8. The third-order valence-electron chi connectivity index (χ3n) is 13.2. The first kappa shape index (κ1) is 46.0. The first-order chi connectivity index (χ1) is 31.9. The fraction of sp³-hybridized carbons (Fsp3) is 0.400. The van der Waals surface area contributed by atoms with Crippen molar-refractivity contribution < 1.29 is 28.0 Å². The fourth-order valence-electron chi connectivity index (χ4n) is 9.33. The van der Waals surface area contributed by atoms with Gasteiger partial charge in [0.25, 0.3) is 0 Å². The van der Waals surface area contributed by atoms with E-state index < -0.39 is 35.8 Å². The van der Waals surface area contributed by atoms with E-state index in [1.807, 2.05) is 79.6 Å². The predicted octanol–water partition coefficient (Wildman–Crippen LogP) is 4.98. The first-order valence-electron chi connectivity index (χ1n) is 22.9. The molecule has 8 rings (SSSR count). The van der Waals surface area contributed by atoms with Crippen molar-refractivity contribution >= 4 is 45.7 Å². The number of likely N-dealkylation sites (N-methyl/N-ethyl adjacent to an activating group) is 2. The fourth-order valence-corrected chi connectivity index (χ4v) is 9.33. The molecule has 4 N–H and O–H groups in total. The van der Waals surface area contributed by atoms with Gasteiger partial charge in [-0.15, -0.1) is 0 Å². The summed E-state index contributed by atoms with van der Waals surface area (Å²) in [5.41, 5.74) is 3.84. The number of amides is 4. The zero-order chi connectivity index (χ0) is 46.5. The molecule has 2 fully saturated rings. The van der Waals surface area contributed by atoms with Gasteiger partial charge >= 0.3 is 0 Å². The number of fused-ring (bicyclic) bond motifs is 2. The summed E-state index contributed by atoms with van der Waals surface area (Å²) in [4.78, 5) is 69.4. The van der Waals surface area contributed by atoms with E-state index in [1.165, 1.54) is 24.3 Å². The molecule has 66 heavy (non-hydrogen) atoms. The summed E-state index contributed by atoms with van der Waals surface area (Å²) in [6.07, 6.45) is 3.40. The molecule has 4 amide bonds. The number of carbonyl (C=O) groups is 4. The van der Waals surface area contributed by atoms with Crippen LogP contribution in [0.5, 0.6) is 0 Å². The molecule has 6 aromatic rings. The van der Waals surface area contributed by atoms with E-state index in [9.17, 15) is 28.0 Å². The SMILES string of the molecule is CN[C@H](C)C(=O)N[C@H](Cc1ccccc1)C(=O)N1CCC[C@H]1Cn1c(-c2nc3cc(F)ccc3n2C[C@@H]2CCCN2C(=O)[C@@H](Cc2ccccc2)NC(=O)[C@@H](C)NC)nc2cc(F)ccc21. The van der Waals surface area contributed by atoms with Crippen LogP contribution in [0.25, 0.3) is 33.7 Å². The lowest BCUT2D eigenvalue weighted by atomic mass is 10.0. The van der Waals surface area contributed by atoms with E-state index in [-0.39, 0.29) is 48.8 Å². The minimum Gasteiger partial charge on any atom is -0.343 e. The Morgan fingerprint density at radius 1 is 0.606 bits per heavy atom. The van der Waals surface area contributed by atoms with Crippen LogP contribution in [0.3, 0.4) is 0 Å². The Hall–Kier alpha value is -6.52. The van der Waals surface area contributed by atoms with Crippen molar-refractivity contribution in [1.29, 1.82) is 0 Å². The van der Waals surface area contributed by atoms with Gasteiger partial charge in [0.15, 0.2) is 11.6 Å². The van der Waals surface area contributed by atoms with Gasteiger partial charge in [-0.1, -0.05) is 60.7 Å². The molecule has 0 bridgehead atoms. The van der Waals surface area contributed by atoms with Gasteiger partial charge < -0.3 is 40.2 Å². The Bertz CT molecular complexity index is 2510. The highest BCUT2D eigenvalue weighted by molar-refractivity contribution is 5.91. The molecule has 6 atom stereocenters. The molecule has 2 saturated heterocycles. The predicted molar refractivity (Wildman–Crippen MR) is 249 cm³/mol. The van der Waals surface area contributed by atoms with E-state index in [0.717, 1.165) is 24.0 Å². The van der Waals surface area contributed by atoms with Crippen molar-refractivity contribution in [2.24, 2.45) is 0 Å². The summed E-state index contributed by atoms with van der Waals surface area (Å²) in [6, 6.07) is 24.6. The zero-order valence-corrected chi connectivity index (χ0v) is 37.8. The van der Waals surface area contributed by atoms with Crippen LogP contribution in [0, 0.1) is 11.6 Å². The average molecular weight is 901 g/mol. The van der Waals surface area contributed by atoms with Gasteiger partial charge in [-0.05, 0) is 89.0 Å². The highest BCUT2D eigenvalue weighted by Crippen LogP contribution is 2.33. The quantitative estimate of drug-likeness (QED) is 0.0999. The van der Waals surface area contributed by atoms with Crippen LogP contribution in [0.15, 0.2) is 97.1 Å². The summed E-state index contributed by atoms with van der Waals surface area (Å²) >= 11 is 0. The topological polar surface area (TPSA) is 159 Å². The number of halogens is 2. The molecule has 346 valence electrons. The molecule has 4 aromatic carbocycles. The molecule has 16 heteroatoms. The number of rotatable bonds is 17. The van der Waals surface area contributed by atoms with E-state index in [1.54, 1.807) is 40.1 Å². The van der Waals surface area contributed by atoms with Crippen molar-refractivity contribution in [3.05, 3.63) is 120 Å². The molecule has 2 aliphatic rings. The normalized spacial score (nSPS) is 18.1. The molecule has 4 heterocycles. The lowest BCUT2D eigenvalue weighted by Gasteiger charge is -2.31. The number of hydrogen-bond donors (Lipinski definition) is 4. The van der Waals surface area contributed by atoms with Gasteiger partial charge in [0.1, 0.15) is 23.7 Å². The third kappa shape index (κ3) is 9.99. The summed E-state index contributed by atoms with van der Waals surface area (Å²) in [5.74, 6) is -1.12. The van der Waals surface area contributed by atoms with Crippen LogP contribution >= 0.6 is 0 Å². The minimum atomic E-state index is -0.826. The number of nitrogens with one attached hydrogen (secondary N) is 4. The molecule has 2 aliphatic heterocycles. The molecule has 0 radical (unpaired) electrons. The van der Waals surface area contributed by atoms with Gasteiger partial charge in [-0.25, -0.2) is 18.7 Å². The van der Waals surface area contributed by atoms with Crippen molar-refractivity contribution in [1.82, 2.24) is 50.2 Å². The van der Waals surface area contributed by atoms with Crippen molar-refractivity contribution in [2.75, 3.05) is 27.2 Å². The second-order valence-corrected chi connectivity index (χ2v) is 17.5. The number of benzene rings is 4. The maximum absolute atomic E-state index is 15.0. The number of hydrogen-bond acceptors (Lipinski definition) is 8. The van der Waals surface area contributed by atoms with Crippen LogP contribution in [-0.4, -0.2) is 116 Å². The molecule has 0 aliphatic carbocycles. The van der Waals surface area contributed by atoms with Crippen LogP contribution in [0.4, 0.5) is 8.78 Å². The number of likely N-dealkylation sites (tertiary alicyclic amines) is 2. The first-order valence-corrected chi connectivity index (χ1v) is 22.9. The molecule has 0 unspecified atom stereocenters. The number of aromatic nitrogens is 4. The van der Waals surface area contributed by atoms with Gasteiger partial charge in [0.2, 0.25) is 23.6 Å². The van der Waals surface area contributed by atoms with E-state index in [4.69, 9.17) is 9.97 Å². The lowest BCUT2D eigenvalue weighted by molar-refractivity contribution is -0.137. The minimum absolute atomic E-state index is 0.203. The second kappa shape index (κ2) is 20.3. The third-order valence-corrected chi connectivity index (χ3v) is 13.2. The van der Waals surface area contributed by atoms with Crippen LogP contribution in [-0.2, 0) is 45.1 Å². The lowest BCUT2D eigenvalue weighted by Crippen LogP contribution is -2.54. The van der Waals surface area contributed by atoms with Crippen molar-refractivity contribution in [3.8, 4) is 11.6 Å². The Morgan fingerprint density at radius 2 is 1.00 bits per heavy atom. The number of carbonyl (C=O) groups excluding carboxylic acids is 4. The Balaban J connectivity index is 1.14. The van der Waals surface area contributed by atoms with Crippen LogP contribution in [0.2, 0.25) is 0 Å². The Morgan fingerprint density at radius 3 is 1.38 bits per heavy atom. The van der Waals surface area contributed by atoms with E-state index in [0.29, 0.717) is 72.5 Å². The monoisotopic (exact) mass is 900 g/mol. The van der Waals surface area contributed by atoms with Gasteiger partial charge in [0.05, 0.1) is 34.2 Å². The Kier molecular flexibility index (Phi) is 14.2. The zero-order valence-electron chi connectivity index (χ0n) is 37.8. The van der Waals surface area contributed by atoms with Gasteiger partial charge in [0, 0.05) is 63.2 Å². The van der Waals surface area contributed by atoms with Gasteiger partial charge in [-0.2, -0.15) is 0 Å². The molecule has 14 nitrogen and oxygen atoms in total. The number of nitrogens with zero attached hydrogens (tertiary/aromatic N) is 6. The molecule has 0 saturated carbocycles. The number of imidazole rings is 2. The second-order valence-electron chi connectivity index (χ2n) is 17.5. The van der Waals surface area contributed by atoms with E-state index in [2.05, 4.69) is 21.3 Å². The highest BCUT2D eigenvalue weighted by Gasteiger charge is 2.38. The van der Waals surface area contributed by atoms with Crippen LogP contribution in [0.1, 0.15) is 50.7 Å². The largest absolute Gasteiger partial charge is 0.343 e. The Labute approximate surface area is 383 Å². The maximum Gasteiger partial charge on any atom is 0.245 e. The molecule has 0 spiro atoms. The summed E-state index contributed by atoms with van der Waals surface area (Å²) in [6.45, 7) is 4.99. The van der Waals surface area contributed by atoms with Crippen LogP contribution < -0.4 is 21.3 Å². The average Bonchev–Trinajstić information content (AvgIpc) is 4.14. The molecule has 2 aromatic heterocycles. The van der Waals surface area contributed by atoms with Crippen molar-refractivity contribution in [2.45, 2.75) is 102 Å². The molecular weight excluding hydrogens is 843 g/mol. The van der Waals surface area contributed by atoms with E-state index >= 15 is 0 Å². The smallest absolute Gasteiger partial charge is 0.245 e.